The summed E-state index contributed by atoms with van der Waals surface area (Å²) in [6.45, 7) is 0. The predicted octanol–water partition coefficient (Wildman–Crippen LogP) is -0.297. The van der Waals surface area contributed by atoms with Crippen molar-refractivity contribution in [2.24, 2.45) is 0 Å². The average Bonchev–Trinajstić information content (AvgIpc) is 3.00. The monoisotopic (exact) mass is 380 g/mol. The molecule has 0 fully saturated rings. The van der Waals surface area contributed by atoms with Crippen LogP contribution in [0.1, 0.15) is 23.1 Å². The second-order valence-corrected chi connectivity index (χ2v) is 6.95. The van der Waals surface area contributed by atoms with Crippen LogP contribution in [-0.2, 0) is 27.9 Å². The summed E-state index contributed by atoms with van der Waals surface area (Å²) in [7, 11) is -4.54. The Kier molecular flexibility index (Phi) is 7.02. The van der Waals surface area contributed by atoms with Crippen LogP contribution in [0, 0.1) is 0 Å². The molecular weight excluding hydrogens is 363 g/mol. The van der Waals surface area contributed by atoms with E-state index in [-0.39, 0.29) is 41.2 Å². The first kappa shape index (κ1) is 20.7. The van der Waals surface area contributed by atoms with Gasteiger partial charge in [-0.15, -0.1) is 0 Å². The molecule has 130 valence electrons. The van der Waals surface area contributed by atoms with Crippen LogP contribution in [0.4, 0.5) is 11.4 Å². The van der Waals surface area contributed by atoms with Crippen molar-refractivity contribution >= 4 is 33.7 Å². The molecule has 2 aromatic carbocycles. The van der Waals surface area contributed by atoms with Crippen molar-refractivity contribution < 1.29 is 47.3 Å². The van der Waals surface area contributed by atoms with Crippen LogP contribution in [0.2, 0.25) is 0 Å². The third kappa shape index (κ3) is 5.96. The number of carbonyl (C=O) groups excluding carboxylic acids is 1. The minimum Gasteiger partial charge on any atom is -0.731 e. The van der Waals surface area contributed by atoms with Crippen LogP contribution in [0.15, 0.2) is 48.5 Å². The van der Waals surface area contributed by atoms with Crippen molar-refractivity contribution in [3.63, 3.8) is 0 Å². The van der Waals surface area contributed by atoms with Gasteiger partial charge in [0, 0.05) is 17.5 Å². The molecule has 1 aliphatic rings. The molecule has 2 N–H and O–H groups in total. The summed E-state index contributed by atoms with van der Waals surface area (Å²) in [6, 6.07) is 12.1. The summed E-state index contributed by atoms with van der Waals surface area (Å²) >= 11 is 0. The number of hydrogen-bond acceptors (Lipinski definition) is 4. The van der Waals surface area contributed by atoms with E-state index >= 15 is 0 Å². The molecule has 0 atom stereocenters. The quantitative estimate of drug-likeness (QED) is 0.423. The average molecular weight is 380 g/mol. The van der Waals surface area contributed by atoms with Crippen molar-refractivity contribution in [2.75, 3.05) is 10.0 Å². The minimum atomic E-state index is -4.54. The molecule has 0 unspecified atom stereocenters. The first-order chi connectivity index (χ1) is 11.9. The van der Waals surface area contributed by atoms with Crippen LogP contribution < -0.4 is 39.6 Å². The zero-order chi connectivity index (χ0) is 17.9. The summed E-state index contributed by atoms with van der Waals surface area (Å²) in [5.41, 5.74) is 4.30. The van der Waals surface area contributed by atoms with Gasteiger partial charge in [-0.05, 0) is 66.3 Å². The Hall–Kier alpha value is -1.64. The van der Waals surface area contributed by atoms with E-state index in [1.165, 1.54) is 29.3 Å². The fourth-order valence-electron chi connectivity index (χ4n) is 2.81. The molecule has 0 saturated heterocycles. The molecule has 3 rings (SSSR count). The van der Waals surface area contributed by atoms with Gasteiger partial charge < -0.3 is 9.87 Å². The van der Waals surface area contributed by atoms with Gasteiger partial charge in [0.15, 0.2) is 10.3 Å². The van der Waals surface area contributed by atoms with E-state index in [1.54, 1.807) is 18.2 Å². The molecule has 1 aliphatic carbocycles. The van der Waals surface area contributed by atoms with Gasteiger partial charge in [-0.3, -0.25) is 9.52 Å². The Morgan fingerprint density at radius 1 is 1.00 bits per heavy atom. The molecule has 0 radical (unpaired) electrons. The summed E-state index contributed by atoms with van der Waals surface area (Å²) in [5.74, 6) is -0.248. The molecule has 0 spiro atoms. The number of aryl methyl sites for hydroxylation is 2. The second-order valence-electron chi connectivity index (χ2n) is 5.84. The molecule has 0 aromatic heterocycles. The Balaban J connectivity index is 0.00000243. The predicted molar refractivity (Wildman–Crippen MR) is 95.9 cm³/mol. The normalized spacial score (nSPS) is 13.1. The molecule has 2 aromatic rings. The molecule has 1 amide bonds. The van der Waals surface area contributed by atoms with Crippen molar-refractivity contribution in [1.82, 2.24) is 0 Å². The van der Waals surface area contributed by atoms with E-state index in [9.17, 15) is 17.8 Å². The summed E-state index contributed by atoms with van der Waals surface area (Å²) in [4.78, 5) is 12.0. The van der Waals surface area contributed by atoms with Crippen LogP contribution >= 0.6 is 0 Å². The second kappa shape index (κ2) is 8.83. The zero-order valence-corrected chi connectivity index (χ0v) is 17.2. The number of amides is 1. The third-order valence-electron chi connectivity index (χ3n) is 3.95. The molecule has 0 saturated carbocycles. The number of anilines is 2. The van der Waals surface area contributed by atoms with E-state index in [2.05, 4.69) is 11.4 Å². The standard InChI is InChI=1S/C18H18N2O4S.Na/c21-18(19-17-10-7-14-2-1-3-15(14)12-17)11-6-13-4-8-16(9-5-13)20-25(22,23)24;/h4-12,20H,1-3H2,(H,19,21)(H,22,23,24);/q;+1/p-1/b11-6+;. The van der Waals surface area contributed by atoms with Crippen molar-refractivity contribution in [1.29, 1.82) is 0 Å². The number of carbonyl (C=O) groups is 1. The van der Waals surface area contributed by atoms with Crippen molar-refractivity contribution in [3.8, 4) is 0 Å². The number of nitrogens with one attached hydrogen (secondary N) is 2. The van der Waals surface area contributed by atoms with E-state index in [4.69, 9.17) is 0 Å². The molecule has 26 heavy (non-hydrogen) atoms. The summed E-state index contributed by atoms with van der Waals surface area (Å²) in [5, 5.41) is 2.83. The number of fused-ring (bicyclic) bond motifs is 1. The Bertz CT molecular complexity index is 925. The van der Waals surface area contributed by atoms with Crippen LogP contribution in [-0.4, -0.2) is 18.9 Å². The maximum absolute atomic E-state index is 12.0. The van der Waals surface area contributed by atoms with Crippen molar-refractivity contribution in [2.45, 2.75) is 19.3 Å². The zero-order valence-electron chi connectivity index (χ0n) is 14.4. The van der Waals surface area contributed by atoms with E-state index in [1.807, 2.05) is 16.9 Å². The van der Waals surface area contributed by atoms with Gasteiger partial charge in [0.2, 0.25) is 5.91 Å². The first-order valence-corrected chi connectivity index (χ1v) is 9.24. The maximum Gasteiger partial charge on any atom is 1.00 e. The van der Waals surface area contributed by atoms with Gasteiger partial charge in [0.1, 0.15) is 0 Å². The minimum absolute atomic E-state index is 0. The SMILES string of the molecule is O=C(/C=C/c1ccc(NS(=O)(=O)[O-])cc1)Nc1ccc2c(c1)CCC2.[Na+]. The number of benzene rings is 2. The van der Waals surface area contributed by atoms with E-state index in [0.29, 0.717) is 5.56 Å². The third-order valence-corrected chi connectivity index (χ3v) is 4.43. The molecule has 0 aliphatic heterocycles. The van der Waals surface area contributed by atoms with E-state index in [0.717, 1.165) is 24.9 Å². The van der Waals surface area contributed by atoms with Gasteiger partial charge in [0.25, 0.3) is 0 Å². The smallest absolute Gasteiger partial charge is 0.731 e. The van der Waals surface area contributed by atoms with Crippen LogP contribution in [0.25, 0.3) is 6.08 Å². The van der Waals surface area contributed by atoms with Gasteiger partial charge in [-0.2, -0.15) is 0 Å². The number of rotatable bonds is 5. The Morgan fingerprint density at radius 2 is 1.65 bits per heavy atom. The first-order valence-electron chi connectivity index (χ1n) is 7.84. The largest absolute Gasteiger partial charge is 1.00 e. The molecule has 8 heteroatoms. The van der Waals surface area contributed by atoms with Gasteiger partial charge >= 0.3 is 29.6 Å². The molecule has 6 nitrogen and oxygen atoms in total. The van der Waals surface area contributed by atoms with Crippen LogP contribution in [0.3, 0.4) is 0 Å². The fraction of sp³-hybridized carbons (Fsp3) is 0.167. The molecular formula is C18H17N2NaO4S. The number of hydrogen-bond donors (Lipinski definition) is 2. The molecule has 0 heterocycles. The van der Waals surface area contributed by atoms with Gasteiger partial charge in [-0.25, -0.2) is 8.42 Å². The topological polar surface area (TPSA) is 98.3 Å². The Labute approximate surface area is 174 Å². The van der Waals surface area contributed by atoms with Gasteiger partial charge in [-0.1, -0.05) is 18.2 Å². The van der Waals surface area contributed by atoms with Crippen LogP contribution in [0.5, 0.6) is 0 Å². The Morgan fingerprint density at radius 3 is 2.35 bits per heavy atom. The van der Waals surface area contributed by atoms with Crippen molar-refractivity contribution in [3.05, 3.63) is 65.2 Å². The maximum atomic E-state index is 12.0. The molecule has 0 bridgehead atoms. The summed E-state index contributed by atoms with van der Waals surface area (Å²) in [6.07, 6.45) is 6.32. The van der Waals surface area contributed by atoms with Gasteiger partial charge in [0.05, 0.1) is 0 Å². The fourth-order valence-corrected chi connectivity index (χ4v) is 3.24. The summed E-state index contributed by atoms with van der Waals surface area (Å²) < 4.78 is 33.7. The van der Waals surface area contributed by atoms with E-state index < -0.39 is 10.3 Å².